The molecule has 0 aromatic rings. The van der Waals surface area contributed by atoms with Crippen molar-refractivity contribution in [2.24, 2.45) is 46.2 Å². The Hall–Kier alpha value is -0.370. The van der Waals surface area contributed by atoms with Crippen LogP contribution in [0.5, 0.6) is 0 Å². The molecule has 2 heteroatoms. The highest BCUT2D eigenvalue weighted by atomic mass is 16.1. The number of rotatable bonds is 1. The third kappa shape index (κ3) is 1.92. The first kappa shape index (κ1) is 15.2. The molecule has 4 aliphatic carbocycles. The number of carbonyl (C=O) groups excluding carboxylic acids is 1. The number of hydrogen-bond acceptors (Lipinski definition) is 2. The zero-order valence-electron chi connectivity index (χ0n) is 14.4. The maximum Gasteiger partial charge on any atom is 0.133 e. The van der Waals surface area contributed by atoms with Crippen molar-refractivity contribution in [3.8, 4) is 0 Å². The fourth-order valence-corrected chi connectivity index (χ4v) is 7.54. The third-order valence-corrected chi connectivity index (χ3v) is 8.96. The Morgan fingerprint density at radius 2 is 1.77 bits per heavy atom. The van der Waals surface area contributed by atoms with Gasteiger partial charge in [-0.05, 0) is 91.9 Å². The fourth-order valence-electron chi connectivity index (χ4n) is 7.54. The van der Waals surface area contributed by atoms with E-state index in [2.05, 4.69) is 13.8 Å². The van der Waals surface area contributed by atoms with Gasteiger partial charge in [0.25, 0.3) is 0 Å². The summed E-state index contributed by atoms with van der Waals surface area (Å²) in [6.07, 6.45) is 11.2. The van der Waals surface area contributed by atoms with Gasteiger partial charge >= 0.3 is 0 Å². The van der Waals surface area contributed by atoms with E-state index in [0.29, 0.717) is 22.5 Å². The van der Waals surface area contributed by atoms with Crippen LogP contribution in [-0.2, 0) is 4.79 Å². The lowest BCUT2D eigenvalue weighted by Gasteiger charge is -2.60. The first-order chi connectivity index (χ1) is 10.5. The fraction of sp³-hybridized carbons (Fsp3) is 0.950. The number of nitrogens with two attached hydrogens (primary N) is 1. The summed E-state index contributed by atoms with van der Waals surface area (Å²) in [5.41, 5.74) is 7.08. The average Bonchev–Trinajstić information content (AvgIpc) is 2.84. The van der Waals surface area contributed by atoms with Gasteiger partial charge in [0, 0.05) is 12.8 Å². The summed E-state index contributed by atoms with van der Waals surface area (Å²) in [5.74, 6) is 4.70. The summed E-state index contributed by atoms with van der Waals surface area (Å²) in [6.45, 7) is 5.98. The van der Waals surface area contributed by atoms with E-state index in [1.165, 1.54) is 44.9 Å². The maximum absolute atomic E-state index is 11.9. The molecule has 0 amide bonds. The van der Waals surface area contributed by atoms with Gasteiger partial charge in [-0.2, -0.15) is 0 Å². The summed E-state index contributed by atoms with van der Waals surface area (Å²) in [4.78, 5) is 11.9. The molecule has 0 saturated heterocycles. The van der Waals surface area contributed by atoms with Crippen LogP contribution in [0, 0.1) is 40.4 Å². The summed E-state index contributed by atoms with van der Waals surface area (Å²) in [6, 6.07) is 0. The quantitative estimate of drug-likeness (QED) is 0.790. The number of carbonyl (C=O) groups is 1. The highest BCUT2D eigenvalue weighted by Crippen LogP contribution is 2.67. The van der Waals surface area contributed by atoms with Gasteiger partial charge in [0.15, 0.2) is 0 Å². The molecule has 4 rings (SSSR count). The first-order valence-corrected chi connectivity index (χ1v) is 9.71. The van der Waals surface area contributed by atoms with Crippen molar-refractivity contribution < 1.29 is 4.79 Å². The first-order valence-electron chi connectivity index (χ1n) is 9.71. The van der Waals surface area contributed by atoms with Crippen LogP contribution in [0.2, 0.25) is 0 Å². The molecule has 0 aromatic carbocycles. The van der Waals surface area contributed by atoms with Crippen LogP contribution in [-0.4, -0.2) is 12.3 Å². The molecule has 1 unspecified atom stereocenters. The SMILES string of the molecule is C[C@]12CC[C@H]3[C@@H](CCC4CC(=O)CC[C@@]43C)[C@@H]1CC[C@@H]2CN. The van der Waals surface area contributed by atoms with Gasteiger partial charge in [-0.1, -0.05) is 13.8 Å². The highest BCUT2D eigenvalue weighted by molar-refractivity contribution is 5.79. The number of Topliss-reactive ketones (excluding diaryl/α,β-unsaturated/α-hetero) is 1. The second kappa shape index (κ2) is 5.06. The van der Waals surface area contributed by atoms with Crippen LogP contribution in [0.15, 0.2) is 0 Å². The van der Waals surface area contributed by atoms with Crippen LogP contribution in [0.25, 0.3) is 0 Å². The van der Waals surface area contributed by atoms with Gasteiger partial charge in [-0.25, -0.2) is 0 Å². The molecule has 4 fully saturated rings. The van der Waals surface area contributed by atoms with Gasteiger partial charge in [-0.15, -0.1) is 0 Å². The smallest absolute Gasteiger partial charge is 0.133 e. The molecule has 4 saturated carbocycles. The van der Waals surface area contributed by atoms with E-state index in [1.54, 1.807) is 0 Å². The van der Waals surface area contributed by atoms with Crippen LogP contribution in [0.4, 0.5) is 0 Å². The summed E-state index contributed by atoms with van der Waals surface area (Å²) in [7, 11) is 0. The monoisotopic (exact) mass is 303 g/mol. The normalized spacial score (nSPS) is 54.5. The minimum Gasteiger partial charge on any atom is -0.330 e. The highest BCUT2D eigenvalue weighted by Gasteiger charge is 2.59. The maximum atomic E-state index is 11.9. The summed E-state index contributed by atoms with van der Waals surface area (Å²) < 4.78 is 0. The lowest BCUT2D eigenvalue weighted by atomic mass is 9.45. The second-order valence-electron chi connectivity index (χ2n) is 9.45. The molecule has 2 N–H and O–H groups in total. The summed E-state index contributed by atoms with van der Waals surface area (Å²) in [5, 5.41) is 0. The molecule has 7 atom stereocenters. The van der Waals surface area contributed by atoms with Crippen molar-refractivity contribution in [1.29, 1.82) is 0 Å². The Balaban J connectivity index is 1.62. The molecule has 0 bridgehead atoms. The third-order valence-electron chi connectivity index (χ3n) is 8.96. The average molecular weight is 303 g/mol. The Morgan fingerprint density at radius 1 is 1.00 bits per heavy atom. The molecule has 0 radical (unpaired) electrons. The second-order valence-corrected chi connectivity index (χ2v) is 9.45. The summed E-state index contributed by atoms with van der Waals surface area (Å²) >= 11 is 0. The van der Waals surface area contributed by atoms with Gasteiger partial charge in [-0.3, -0.25) is 4.79 Å². The predicted molar refractivity (Wildman–Crippen MR) is 89.3 cm³/mol. The van der Waals surface area contributed by atoms with Gasteiger partial charge in [0.2, 0.25) is 0 Å². The van der Waals surface area contributed by atoms with E-state index in [9.17, 15) is 4.79 Å². The van der Waals surface area contributed by atoms with Gasteiger partial charge in [0.1, 0.15) is 5.78 Å². The number of hydrogen-bond donors (Lipinski definition) is 1. The zero-order valence-corrected chi connectivity index (χ0v) is 14.4. The largest absolute Gasteiger partial charge is 0.330 e. The van der Waals surface area contributed by atoms with E-state index < -0.39 is 0 Å². The molecule has 2 nitrogen and oxygen atoms in total. The molecule has 4 aliphatic rings. The topological polar surface area (TPSA) is 43.1 Å². The minimum atomic E-state index is 0.457. The molecule has 0 aromatic heterocycles. The Bertz CT molecular complexity index is 474. The van der Waals surface area contributed by atoms with Crippen molar-refractivity contribution >= 4 is 5.78 Å². The Labute approximate surface area is 135 Å². The van der Waals surface area contributed by atoms with Crippen LogP contribution >= 0.6 is 0 Å². The standard InChI is InChI=1S/C20H33NO/c1-19-9-7-15(22)11-13(19)3-5-16-17-6-4-14(12-21)20(17,2)10-8-18(16)19/h13-14,16-18H,3-12,21H2,1-2H3/t13?,14-,16+,17+,18+,19+,20-/m1/s1. The van der Waals surface area contributed by atoms with Crippen molar-refractivity contribution in [2.75, 3.05) is 6.54 Å². The molecular weight excluding hydrogens is 270 g/mol. The van der Waals surface area contributed by atoms with Gasteiger partial charge < -0.3 is 5.73 Å². The Kier molecular flexibility index (Phi) is 3.49. The molecule has 124 valence electrons. The number of ketones is 1. The van der Waals surface area contributed by atoms with Crippen molar-refractivity contribution in [3.63, 3.8) is 0 Å². The van der Waals surface area contributed by atoms with E-state index in [-0.39, 0.29) is 0 Å². The van der Waals surface area contributed by atoms with Crippen LogP contribution in [0.3, 0.4) is 0 Å². The van der Waals surface area contributed by atoms with Crippen molar-refractivity contribution in [1.82, 2.24) is 0 Å². The van der Waals surface area contributed by atoms with E-state index >= 15 is 0 Å². The Morgan fingerprint density at radius 3 is 2.55 bits per heavy atom. The van der Waals surface area contributed by atoms with Gasteiger partial charge in [0.05, 0.1) is 0 Å². The molecular formula is C20H33NO. The van der Waals surface area contributed by atoms with Crippen LogP contribution in [0.1, 0.15) is 71.6 Å². The molecule has 0 heterocycles. The van der Waals surface area contributed by atoms with Crippen LogP contribution < -0.4 is 5.73 Å². The molecule has 0 spiro atoms. The number of fused-ring (bicyclic) bond motifs is 5. The van der Waals surface area contributed by atoms with E-state index in [4.69, 9.17) is 5.73 Å². The van der Waals surface area contributed by atoms with Crippen molar-refractivity contribution in [3.05, 3.63) is 0 Å². The lowest BCUT2D eigenvalue weighted by Crippen LogP contribution is -2.53. The van der Waals surface area contributed by atoms with E-state index in [1.807, 2.05) is 0 Å². The van der Waals surface area contributed by atoms with Crippen molar-refractivity contribution in [2.45, 2.75) is 71.6 Å². The minimum absolute atomic E-state index is 0.457. The molecule has 22 heavy (non-hydrogen) atoms. The lowest BCUT2D eigenvalue weighted by molar-refractivity contribution is -0.139. The predicted octanol–water partition coefficient (Wildman–Crippen LogP) is 4.17. The zero-order chi connectivity index (χ0) is 15.5. The van der Waals surface area contributed by atoms with E-state index in [0.717, 1.165) is 43.1 Å². The molecule has 0 aliphatic heterocycles.